The second-order valence-electron chi connectivity index (χ2n) is 8.09. The van der Waals surface area contributed by atoms with E-state index in [2.05, 4.69) is 10.7 Å². The lowest BCUT2D eigenvalue weighted by Crippen LogP contribution is -2.52. The Morgan fingerprint density at radius 2 is 1.65 bits per heavy atom. The smallest absolute Gasteiger partial charge is 0.276 e. The first-order valence-corrected chi connectivity index (χ1v) is 12.4. The van der Waals surface area contributed by atoms with Gasteiger partial charge in [0.1, 0.15) is 11.9 Å². The quantitative estimate of drug-likeness (QED) is 0.304. The van der Waals surface area contributed by atoms with Gasteiger partial charge in [-0.2, -0.15) is 0 Å². The summed E-state index contributed by atoms with van der Waals surface area (Å²) in [5.41, 5.74) is 4.33. The molecule has 194 valence electrons. The predicted octanol–water partition coefficient (Wildman–Crippen LogP) is 6.12. The van der Waals surface area contributed by atoms with Crippen molar-refractivity contribution in [2.24, 2.45) is 0 Å². The van der Waals surface area contributed by atoms with Crippen LogP contribution in [0, 0.1) is 0 Å². The van der Waals surface area contributed by atoms with Crippen LogP contribution in [0.15, 0.2) is 54.6 Å². The van der Waals surface area contributed by atoms with E-state index in [1.165, 1.54) is 19.2 Å². The molecule has 1 aliphatic rings. The molecule has 1 heterocycles. The second-order valence-corrected chi connectivity index (χ2v) is 9.37. The minimum atomic E-state index is -0.714. The molecule has 11 heteroatoms. The number of hydrogen-bond donors (Lipinski definition) is 2. The first-order chi connectivity index (χ1) is 17.8. The van der Waals surface area contributed by atoms with E-state index in [0.29, 0.717) is 55.6 Å². The summed E-state index contributed by atoms with van der Waals surface area (Å²) in [4.78, 5) is 26.3. The largest absolute Gasteiger partial charge is 0.493 e. The topological polar surface area (TPSA) is 89.1 Å². The first-order valence-electron chi connectivity index (χ1n) is 11.3. The second kappa shape index (κ2) is 11.8. The van der Waals surface area contributed by atoms with Crippen LogP contribution in [-0.4, -0.2) is 37.6 Å². The summed E-state index contributed by atoms with van der Waals surface area (Å²) >= 11 is 18.1. The van der Waals surface area contributed by atoms with Crippen molar-refractivity contribution in [3.8, 4) is 17.2 Å². The SMILES string of the molecule is COc1ccc(C2Nc3ccc(Cl)cc3C(=O)N2NC(=O)CCCOc2ccc(Cl)cc2Cl)cc1OC. The van der Waals surface area contributed by atoms with Crippen LogP contribution >= 0.6 is 34.8 Å². The summed E-state index contributed by atoms with van der Waals surface area (Å²) in [5, 5.41) is 5.84. The lowest BCUT2D eigenvalue weighted by molar-refractivity contribution is -0.126. The molecule has 3 aromatic rings. The average molecular weight is 565 g/mol. The van der Waals surface area contributed by atoms with E-state index in [4.69, 9.17) is 49.0 Å². The predicted molar refractivity (Wildman–Crippen MR) is 143 cm³/mol. The molecular formula is C26H24Cl3N3O5. The Hall–Kier alpha value is -3.33. The zero-order valence-corrected chi connectivity index (χ0v) is 22.3. The van der Waals surface area contributed by atoms with Gasteiger partial charge in [-0.1, -0.05) is 40.9 Å². The van der Waals surface area contributed by atoms with Gasteiger partial charge >= 0.3 is 0 Å². The third-order valence-electron chi connectivity index (χ3n) is 5.65. The summed E-state index contributed by atoms with van der Waals surface area (Å²) < 4.78 is 16.4. The van der Waals surface area contributed by atoms with E-state index in [1.54, 1.807) is 54.6 Å². The highest BCUT2D eigenvalue weighted by Crippen LogP contribution is 2.37. The Morgan fingerprint density at radius 3 is 2.38 bits per heavy atom. The van der Waals surface area contributed by atoms with Crippen molar-refractivity contribution >= 4 is 52.3 Å². The van der Waals surface area contributed by atoms with Gasteiger partial charge in [-0.15, -0.1) is 0 Å². The summed E-state index contributed by atoms with van der Waals surface area (Å²) in [6.07, 6.45) is -0.214. The molecular weight excluding hydrogens is 541 g/mol. The monoisotopic (exact) mass is 563 g/mol. The Morgan fingerprint density at radius 1 is 0.946 bits per heavy atom. The van der Waals surface area contributed by atoms with E-state index in [1.807, 2.05) is 0 Å². The molecule has 0 saturated heterocycles. The molecule has 0 bridgehead atoms. The highest BCUT2D eigenvalue weighted by Gasteiger charge is 2.35. The number of methoxy groups -OCH3 is 2. The number of amides is 2. The van der Waals surface area contributed by atoms with Crippen molar-refractivity contribution in [2.75, 3.05) is 26.1 Å². The highest BCUT2D eigenvalue weighted by molar-refractivity contribution is 6.35. The third-order valence-corrected chi connectivity index (χ3v) is 6.41. The van der Waals surface area contributed by atoms with Crippen LogP contribution in [0.4, 0.5) is 5.69 Å². The number of rotatable bonds is 9. The van der Waals surface area contributed by atoms with Gasteiger partial charge in [0.15, 0.2) is 11.5 Å². The Labute approximate surface area is 229 Å². The van der Waals surface area contributed by atoms with Crippen LogP contribution in [-0.2, 0) is 4.79 Å². The van der Waals surface area contributed by atoms with Gasteiger partial charge < -0.3 is 19.5 Å². The fourth-order valence-electron chi connectivity index (χ4n) is 3.85. The molecule has 0 spiro atoms. The van der Waals surface area contributed by atoms with Gasteiger partial charge in [-0.25, -0.2) is 5.01 Å². The average Bonchev–Trinajstić information content (AvgIpc) is 2.89. The summed E-state index contributed by atoms with van der Waals surface area (Å²) in [6, 6.07) is 15.1. The molecule has 2 N–H and O–H groups in total. The number of nitrogens with zero attached hydrogens (tertiary/aromatic N) is 1. The molecule has 3 aromatic carbocycles. The Balaban J connectivity index is 1.49. The van der Waals surface area contributed by atoms with Crippen molar-refractivity contribution in [1.82, 2.24) is 10.4 Å². The molecule has 1 unspecified atom stereocenters. The molecule has 0 saturated carbocycles. The highest BCUT2D eigenvalue weighted by atomic mass is 35.5. The van der Waals surface area contributed by atoms with Crippen molar-refractivity contribution in [3.05, 3.63) is 80.8 Å². The van der Waals surface area contributed by atoms with Crippen molar-refractivity contribution in [3.63, 3.8) is 0 Å². The van der Waals surface area contributed by atoms with E-state index >= 15 is 0 Å². The molecule has 1 atom stereocenters. The van der Waals surface area contributed by atoms with Crippen LogP contribution in [0.3, 0.4) is 0 Å². The van der Waals surface area contributed by atoms with Crippen LogP contribution in [0.25, 0.3) is 0 Å². The number of halogens is 3. The van der Waals surface area contributed by atoms with E-state index in [0.717, 1.165) is 0 Å². The summed E-state index contributed by atoms with van der Waals surface area (Å²) in [5.74, 6) is 0.728. The van der Waals surface area contributed by atoms with E-state index in [-0.39, 0.29) is 18.9 Å². The molecule has 0 radical (unpaired) electrons. The fourth-order valence-corrected chi connectivity index (χ4v) is 4.48. The van der Waals surface area contributed by atoms with Gasteiger partial charge in [-0.05, 0) is 55.0 Å². The maximum absolute atomic E-state index is 13.5. The molecule has 4 rings (SSSR count). The molecule has 8 nitrogen and oxygen atoms in total. The van der Waals surface area contributed by atoms with Crippen LogP contribution in [0.2, 0.25) is 15.1 Å². The molecule has 0 aromatic heterocycles. The molecule has 0 fully saturated rings. The molecule has 2 amide bonds. The van der Waals surface area contributed by atoms with Crippen molar-refractivity contribution < 1.29 is 23.8 Å². The number of carbonyl (C=O) groups excluding carboxylic acids is 2. The van der Waals surface area contributed by atoms with Gasteiger partial charge in [0.25, 0.3) is 5.91 Å². The normalized spacial score (nSPS) is 14.5. The maximum Gasteiger partial charge on any atom is 0.276 e. The number of nitrogens with one attached hydrogen (secondary N) is 2. The number of hydrazine groups is 1. The summed E-state index contributed by atoms with van der Waals surface area (Å²) in [7, 11) is 3.06. The van der Waals surface area contributed by atoms with Crippen molar-refractivity contribution in [2.45, 2.75) is 19.0 Å². The number of hydrogen-bond acceptors (Lipinski definition) is 6. The maximum atomic E-state index is 13.5. The minimum absolute atomic E-state index is 0.107. The number of carbonyl (C=O) groups is 2. The van der Waals surface area contributed by atoms with Crippen LogP contribution < -0.4 is 25.0 Å². The standard InChI is InChI=1S/C26H24Cl3N3O5/c1-35-22-9-5-15(12-23(22)36-2)25-30-20-8-6-16(27)13-18(20)26(34)32(25)31-24(33)4-3-11-37-21-10-7-17(28)14-19(21)29/h5-10,12-14,25,30H,3-4,11H2,1-2H3,(H,31,33). The van der Waals surface area contributed by atoms with Crippen LogP contribution in [0.5, 0.6) is 17.2 Å². The van der Waals surface area contributed by atoms with E-state index < -0.39 is 12.1 Å². The zero-order chi connectivity index (χ0) is 26.5. The number of fused-ring (bicyclic) bond motifs is 1. The molecule has 37 heavy (non-hydrogen) atoms. The zero-order valence-electron chi connectivity index (χ0n) is 20.0. The summed E-state index contributed by atoms with van der Waals surface area (Å²) in [6.45, 7) is 0.249. The van der Waals surface area contributed by atoms with Gasteiger partial charge in [0.2, 0.25) is 5.91 Å². The lowest BCUT2D eigenvalue weighted by atomic mass is 10.0. The molecule has 1 aliphatic heterocycles. The Bertz CT molecular complexity index is 1320. The van der Waals surface area contributed by atoms with Crippen LogP contribution in [0.1, 0.15) is 34.9 Å². The van der Waals surface area contributed by atoms with Gasteiger partial charge in [0.05, 0.1) is 31.4 Å². The fraction of sp³-hybridized carbons (Fsp3) is 0.231. The minimum Gasteiger partial charge on any atom is -0.493 e. The van der Waals surface area contributed by atoms with Gasteiger partial charge in [-0.3, -0.25) is 15.0 Å². The number of benzene rings is 3. The Kier molecular flexibility index (Phi) is 8.53. The van der Waals surface area contributed by atoms with E-state index in [9.17, 15) is 9.59 Å². The third kappa shape index (κ3) is 6.15. The molecule has 0 aliphatic carbocycles. The first kappa shape index (κ1) is 26.7. The van der Waals surface area contributed by atoms with Gasteiger partial charge in [0, 0.05) is 27.7 Å². The lowest BCUT2D eigenvalue weighted by Gasteiger charge is -2.38. The van der Waals surface area contributed by atoms with Crippen molar-refractivity contribution in [1.29, 1.82) is 0 Å². The number of anilines is 1. The number of ether oxygens (including phenoxy) is 3.